The molecule has 1 aromatic rings. The van der Waals surface area contributed by atoms with E-state index in [-0.39, 0.29) is 11.8 Å². The first-order valence-electron chi connectivity index (χ1n) is 9.63. The predicted octanol–water partition coefficient (Wildman–Crippen LogP) is 2.88. The molecule has 1 heterocycles. The molecule has 1 aromatic carbocycles. The Kier molecular flexibility index (Phi) is 8.00. The average molecular weight is 380 g/mol. The summed E-state index contributed by atoms with van der Waals surface area (Å²) in [7, 11) is 1.67. The highest BCUT2D eigenvalue weighted by Crippen LogP contribution is 2.21. The van der Waals surface area contributed by atoms with Crippen LogP contribution in [0, 0.1) is 17.6 Å². The van der Waals surface area contributed by atoms with Crippen molar-refractivity contribution >= 4 is 11.9 Å². The highest BCUT2D eigenvalue weighted by Gasteiger charge is 2.23. The van der Waals surface area contributed by atoms with Gasteiger partial charge in [-0.1, -0.05) is 13.0 Å². The van der Waals surface area contributed by atoms with Crippen molar-refractivity contribution in [3.63, 3.8) is 0 Å². The minimum Gasteiger partial charge on any atom is -0.359 e. The van der Waals surface area contributed by atoms with Crippen molar-refractivity contribution in [3.05, 3.63) is 35.4 Å². The van der Waals surface area contributed by atoms with Crippen LogP contribution in [0.5, 0.6) is 0 Å². The molecule has 0 aliphatic carbocycles. The fraction of sp³-hybridized carbons (Fsp3) is 0.600. The van der Waals surface area contributed by atoms with Gasteiger partial charge in [0, 0.05) is 45.6 Å². The Bertz CT molecular complexity index is 657. The van der Waals surface area contributed by atoms with E-state index in [4.69, 9.17) is 4.99 Å². The summed E-state index contributed by atoms with van der Waals surface area (Å²) in [6.45, 7) is 6.93. The van der Waals surface area contributed by atoms with Gasteiger partial charge in [0.05, 0.1) is 0 Å². The third-order valence-electron chi connectivity index (χ3n) is 5.03. The molecule has 1 amide bonds. The fourth-order valence-electron chi connectivity index (χ4n) is 3.29. The third-order valence-corrected chi connectivity index (χ3v) is 5.03. The quantitative estimate of drug-likeness (QED) is 0.589. The zero-order chi connectivity index (χ0) is 19.8. The number of nitrogens with one attached hydrogen (secondary N) is 2. The topological polar surface area (TPSA) is 56.7 Å². The van der Waals surface area contributed by atoms with Crippen LogP contribution in [-0.2, 0) is 4.79 Å². The molecule has 1 aliphatic rings. The summed E-state index contributed by atoms with van der Waals surface area (Å²) < 4.78 is 26.6. The molecule has 1 saturated heterocycles. The maximum atomic E-state index is 13.4. The van der Waals surface area contributed by atoms with Gasteiger partial charge >= 0.3 is 0 Å². The zero-order valence-corrected chi connectivity index (χ0v) is 16.4. The zero-order valence-electron chi connectivity index (χ0n) is 16.4. The molecule has 2 rings (SSSR count). The Morgan fingerprint density at radius 2 is 2.00 bits per heavy atom. The molecular weight excluding hydrogens is 350 g/mol. The van der Waals surface area contributed by atoms with Crippen LogP contribution in [0.4, 0.5) is 8.78 Å². The summed E-state index contributed by atoms with van der Waals surface area (Å²) in [5, 5.41) is 5.99. The number of likely N-dealkylation sites (tertiary alicyclic amines) is 1. The Hall–Kier alpha value is -2.18. The SMILES string of the molecule is CCNC(=NCC(C)c1ccc(F)c(F)c1)N1CCC(CC(=O)NC)CC1. The smallest absolute Gasteiger partial charge is 0.220 e. The number of benzene rings is 1. The van der Waals surface area contributed by atoms with Crippen LogP contribution in [0.1, 0.15) is 44.6 Å². The van der Waals surface area contributed by atoms with Crippen LogP contribution in [0.2, 0.25) is 0 Å². The fourth-order valence-corrected chi connectivity index (χ4v) is 3.29. The van der Waals surface area contributed by atoms with E-state index in [1.54, 1.807) is 13.1 Å². The molecular formula is C20H30F2N4O. The Morgan fingerprint density at radius 1 is 1.30 bits per heavy atom. The Labute approximate surface area is 160 Å². The molecule has 1 unspecified atom stereocenters. The van der Waals surface area contributed by atoms with E-state index < -0.39 is 11.6 Å². The van der Waals surface area contributed by atoms with Crippen LogP contribution >= 0.6 is 0 Å². The second-order valence-electron chi connectivity index (χ2n) is 7.08. The van der Waals surface area contributed by atoms with E-state index in [1.165, 1.54) is 6.07 Å². The minimum absolute atomic E-state index is 0.0143. The van der Waals surface area contributed by atoms with Crippen molar-refractivity contribution in [1.82, 2.24) is 15.5 Å². The van der Waals surface area contributed by atoms with Crippen LogP contribution in [0.25, 0.3) is 0 Å². The second-order valence-corrected chi connectivity index (χ2v) is 7.08. The molecule has 1 atom stereocenters. The number of carbonyl (C=O) groups is 1. The molecule has 1 aliphatic heterocycles. The third kappa shape index (κ3) is 6.19. The van der Waals surface area contributed by atoms with Gasteiger partial charge in [-0.05, 0) is 43.4 Å². The van der Waals surface area contributed by atoms with Gasteiger partial charge in [0.2, 0.25) is 5.91 Å². The van der Waals surface area contributed by atoms with E-state index in [0.717, 1.165) is 50.1 Å². The van der Waals surface area contributed by atoms with Gasteiger partial charge in [0.15, 0.2) is 17.6 Å². The van der Waals surface area contributed by atoms with E-state index in [0.29, 0.717) is 18.9 Å². The van der Waals surface area contributed by atoms with E-state index in [9.17, 15) is 13.6 Å². The molecule has 27 heavy (non-hydrogen) atoms. The minimum atomic E-state index is -0.831. The summed E-state index contributed by atoms with van der Waals surface area (Å²) in [4.78, 5) is 18.5. The van der Waals surface area contributed by atoms with E-state index in [1.807, 2.05) is 13.8 Å². The van der Waals surface area contributed by atoms with Crippen molar-refractivity contribution in [2.45, 2.75) is 39.0 Å². The van der Waals surface area contributed by atoms with E-state index in [2.05, 4.69) is 15.5 Å². The second kappa shape index (κ2) is 10.2. The number of carbonyl (C=O) groups excluding carboxylic acids is 1. The van der Waals surface area contributed by atoms with Crippen molar-refractivity contribution < 1.29 is 13.6 Å². The van der Waals surface area contributed by atoms with Gasteiger partial charge in [-0.3, -0.25) is 9.79 Å². The van der Waals surface area contributed by atoms with Crippen molar-refractivity contribution in [2.75, 3.05) is 33.2 Å². The highest BCUT2D eigenvalue weighted by atomic mass is 19.2. The number of hydrogen-bond acceptors (Lipinski definition) is 2. The molecule has 0 aromatic heterocycles. The number of amides is 1. The van der Waals surface area contributed by atoms with Crippen molar-refractivity contribution in [1.29, 1.82) is 0 Å². The molecule has 7 heteroatoms. The first kappa shape index (κ1) is 21.1. The van der Waals surface area contributed by atoms with Gasteiger partial charge in [-0.15, -0.1) is 0 Å². The maximum absolute atomic E-state index is 13.4. The monoisotopic (exact) mass is 380 g/mol. The molecule has 0 radical (unpaired) electrons. The first-order valence-corrected chi connectivity index (χ1v) is 9.63. The van der Waals surface area contributed by atoms with Crippen LogP contribution in [0.15, 0.2) is 23.2 Å². The largest absolute Gasteiger partial charge is 0.359 e. The normalized spacial score (nSPS) is 16.9. The lowest BCUT2D eigenvalue weighted by Gasteiger charge is -2.34. The summed E-state index contributed by atoms with van der Waals surface area (Å²) >= 11 is 0. The summed E-state index contributed by atoms with van der Waals surface area (Å²) in [6.07, 6.45) is 2.48. The Morgan fingerprint density at radius 3 is 2.59 bits per heavy atom. The van der Waals surface area contributed by atoms with Crippen LogP contribution in [-0.4, -0.2) is 50.0 Å². The molecule has 0 saturated carbocycles. The van der Waals surface area contributed by atoms with E-state index >= 15 is 0 Å². The van der Waals surface area contributed by atoms with Crippen LogP contribution in [0.3, 0.4) is 0 Å². The van der Waals surface area contributed by atoms with Crippen LogP contribution < -0.4 is 10.6 Å². The summed E-state index contributed by atoms with van der Waals surface area (Å²) in [6, 6.07) is 4.01. The summed E-state index contributed by atoms with van der Waals surface area (Å²) in [5.41, 5.74) is 0.734. The number of hydrogen-bond donors (Lipinski definition) is 2. The lowest BCUT2D eigenvalue weighted by atomic mass is 9.93. The van der Waals surface area contributed by atoms with Gasteiger partial charge < -0.3 is 15.5 Å². The number of halogens is 2. The summed E-state index contributed by atoms with van der Waals surface area (Å²) in [5.74, 6) is -0.333. The predicted molar refractivity (Wildman–Crippen MR) is 104 cm³/mol. The van der Waals surface area contributed by atoms with Crippen molar-refractivity contribution in [2.24, 2.45) is 10.9 Å². The maximum Gasteiger partial charge on any atom is 0.220 e. The number of aliphatic imine (C=N–C) groups is 1. The highest BCUT2D eigenvalue weighted by molar-refractivity contribution is 5.80. The molecule has 1 fully saturated rings. The molecule has 5 nitrogen and oxygen atoms in total. The standard InChI is InChI=1S/C20H30F2N4O/c1-4-24-20(26-9-7-15(8-10-26)11-19(27)23-3)25-13-14(2)16-5-6-17(21)18(22)12-16/h5-6,12,14-15H,4,7-11,13H2,1-3H3,(H,23,27)(H,24,25). The molecule has 0 bridgehead atoms. The molecule has 150 valence electrons. The number of nitrogens with zero attached hydrogens (tertiary/aromatic N) is 2. The van der Waals surface area contributed by atoms with Crippen molar-refractivity contribution in [3.8, 4) is 0 Å². The lowest BCUT2D eigenvalue weighted by molar-refractivity contribution is -0.121. The number of piperidine rings is 1. The Balaban J connectivity index is 1.95. The van der Waals surface area contributed by atoms with Gasteiger partial charge in [0.1, 0.15) is 0 Å². The van der Waals surface area contributed by atoms with Gasteiger partial charge in [-0.2, -0.15) is 0 Å². The number of guanidine groups is 1. The van der Waals surface area contributed by atoms with Gasteiger partial charge in [0.25, 0.3) is 0 Å². The molecule has 2 N–H and O–H groups in total. The number of rotatable bonds is 6. The first-order chi connectivity index (χ1) is 12.9. The average Bonchev–Trinajstić information content (AvgIpc) is 2.67. The van der Waals surface area contributed by atoms with Gasteiger partial charge in [-0.25, -0.2) is 8.78 Å². The lowest BCUT2D eigenvalue weighted by Crippen LogP contribution is -2.46. The molecule has 0 spiro atoms.